The fourth-order valence-electron chi connectivity index (χ4n) is 1.42. The molecule has 1 N–H and O–H groups in total. The van der Waals surface area contributed by atoms with Gasteiger partial charge in [0.15, 0.2) is 0 Å². The van der Waals surface area contributed by atoms with Crippen LogP contribution in [-0.2, 0) is 0 Å². The molecule has 2 aromatic carbocycles. The van der Waals surface area contributed by atoms with Crippen molar-refractivity contribution in [2.24, 2.45) is 0 Å². The third kappa shape index (κ3) is 3.75. The number of anilines is 1. The van der Waals surface area contributed by atoms with Crippen molar-refractivity contribution in [2.45, 2.75) is 0 Å². The second-order valence-corrected chi connectivity index (χ2v) is 6.17. The smallest absolute Gasteiger partial charge is 0.255 e. The maximum absolute atomic E-state index is 12.0. The fraction of sp³-hybridized carbons (Fsp3) is 0. The Morgan fingerprint density at radius 2 is 1.68 bits per heavy atom. The maximum Gasteiger partial charge on any atom is 0.255 e. The molecule has 0 aliphatic carbocycles. The van der Waals surface area contributed by atoms with Gasteiger partial charge in [0.2, 0.25) is 0 Å². The second-order valence-electron chi connectivity index (χ2n) is 3.71. The van der Waals surface area contributed by atoms with Crippen LogP contribution in [0.4, 0.5) is 5.69 Å². The van der Waals surface area contributed by atoms with Gasteiger partial charge in [-0.05, 0) is 59.0 Å². The molecule has 6 heteroatoms. The van der Waals surface area contributed by atoms with E-state index in [-0.39, 0.29) is 5.91 Å². The Kier molecular flexibility index (Phi) is 4.95. The first-order chi connectivity index (χ1) is 8.97. The van der Waals surface area contributed by atoms with Gasteiger partial charge in [-0.3, -0.25) is 4.79 Å². The Bertz CT molecular complexity index is 646. The molecule has 0 saturated heterocycles. The minimum absolute atomic E-state index is 0.290. The molecule has 19 heavy (non-hydrogen) atoms. The van der Waals surface area contributed by atoms with E-state index in [9.17, 15) is 4.79 Å². The third-order valence-corrected chi connectivity index (χ3v) is 4.08. The molecular weight excluding hydrogens is 419 g/mol. The van der Waals surface area contributed by atoms with Gasteiger partial charge in [0, 0.05) is 9.13 Å². The lowest BCUT2D eigenvalue weighted by molar-refractivity contribution is 0.102. The number of hydrogen-bond donors (Lipinski definition) is 1. The summed E-state index contributed by atoms with van der Waals surface area (Å²) < 4.78 is 0.995. The quantitative estimate of drug-likeness (QED) is 0.631. The molecule has 0 spiro atoms. The molecule has 0 atom stereocenters. The Morgan fingerprint density at radius 3 is 2.32 bits per heavy atom. The van der Waals surface area contributed by atoms with Crippen LogP contribution in [0.2, 0.25) is 15.1 Å². The van der Waals surface area contributed by atoms with E-state index in [2.05, 4.69) is 27.9 Å². The highest BCUT2D eigenvalue weighted by Gasteiger charge is 2.10. The predicted molar refractivity (Wildman–Crippen MR) is 88.6 cm³/mol. The Labute approximate surface area is 139 Å². The summed E-state index contributed by atoms with van der Waals surface area (Å²) in [5, 5.41) is 3.95. The van der Waals surface area contributed by atoms with Gasteiger partial charge in [-0.25, -0.2) is 0 Å². The van der Waals surface area contributed by atoms with Gasteiger partial charge in [0.05, 0.1) is 20.8 Å². The summed E-state index contributed by atoms with van der Waals surface area (Å²) in [6.45, 7) is 0. The van der Waals surface area contributed by atoms with Crippen LogP contribution in [0.15, 0.2) is 36.4 Å². The van der Waals surface area contributed by atoms with Gasteiger partial charge in [-0.15, -0.1) is 0 Å². The minimum Gasteiger partial charge on any atom is -0.321 e. The van der Waals surface area contributed by atoms with E-state index in [0.717, 1.165) is 3.57 Å². The van der Waals surface area contributed by atoms with E-state index in [1.54, 1.807) is 24.3 Å². The molecule has 2 rings (SSSR count). The number of hydrogen-bond acceptors (Lipinski definition) is 1. The lowest BCUT2D eigenvalue weighted by atomic mass is 10.2. The van der Waals surface area contributed by atoms with Crippen LogP contribution in [0.5, 0.6) is 0 Å². The largest absolute Gasteiger partial charge is 0.321 e. The summed E-state index contributed by atoms with van der Waals surface area (Å²) in [7, 11) is 0. The highest BCUT2D eigenvalue weighted by atomic mass is 127. The van der Waals surface area contributed by atoms with E-state index in [1.165, 1.54) is 6.07 Å². The summed E-state index contributed by atoms with van der Waals surface area (Å²) in [4.78, 5) is 12.0. The fourth-order valence-corrected chi connectivity index (χ4v) is 2.62. The van der Waals surface area contributed by atoms with Crippen LogP contribution in [-0.4, -0.2) is 5.91 Å². The Balaban J connectivity index is 2.23. The van der Waals surface area contributed by atoms with Gasteiger partial charge < -0.3 is 5.32 Å². The van der Waals surface area contributed by atoms with Crippen molar-refractivity contribution >= 4 is 69.0 Å². The van der Waals surface area contributed by atoms with Crippen molar-refractivity contribution in [3.63, 3.8) is 0 Å². The lowest BCUT2D eigenvalue weighted by Gasteiger charge is -2.08. The topological polar surface area (TPSA) is 29.1 Å². The second kappa shape index (κ2) is 6.31. The van der Waals surface area contributed by atoms with Gasteiger partial charge in [-0.2, -0.15) is 0 Å². The van der Waals surface area contributed by atoms with Crippen molar-refractivity contribution < 1.29 is 4.79 Å². The molecular formula is C13H7Cl3INO. The van der Waals surface area contributed by atoms with Gasteiger partial charge in [-0.1, -0.05) is 34.8 Å². The van der Waals surface area contributed by atoms with E-state index >= 15 is 0 Å². The van der Waals surface area contributed by atoms with Crippen LogP contribution < -0.4 is 5.32 Å². The lowest BCUT2D eigenvalue weighted by Crippen LogP contribution is -2.12. The number of amides is 1. The summed E-state index contributed by atoms with van der Waals surface area (Å²) in [6.07, 6.45) is 0. The number of nitrogens with one attached hydrogen (secondary N) is 1. The number of carbonyl (C=O) groups excluding carboxylic acids is 1. The Hall–Kier alpha value is -0.490. The molecule has 2 nitrogen and oxygen atoms in total. The summed E-state index contributed by atoms with van der Waals surface area (Å²) in [6, 6.07) is 10.1. The molecule has 0 fully saturated rings. The zero-order valence-electron chi connectivity index (χ0n) is 9.38. The first-order valence-corrected chi connectivity index (χ1v) is 7.40. The molecule has 0 bridgehead atoms. The number of benzene rings is 2. The normalized spacial score (nSPS) is 10.3. The van der Waals surface area contributed by atoms with Gasteiger partial charge in [0.25, 0.3) is 5.91 Å². The average molecular weight is 426 g/mol. The molecule has 98 valence electrons. The average Bonchev–Trinajstić information content (AvgIpc) is 2.36. The zero-order chi connectivity index (χ0) is 14.0. The Morgan fingerprint density at radius 1 is 0.947 bits per heavy atom. The first-order valence-electron chi connectivity index (χ1n) is 5.19. The van der Waals surface area contributed by atoms with Crippen LogP contribution in [0.25, 0.3) is 0 Å². The van der Waals surface area contributed by atoms with Gasteiger partial charge >= 0.3 is 0 Å². The highest BCUT2D eigenvalue weighted by molar-refractivity contribution is 14.1. The van der Waals surface area contributed by atoms with Crippen LogP contribution >= 0.6 is 57.4 Å². The predicted octanol–water partition coefficient (Wildman–Crippen LogP) is 5.50. The highest BCUT2D eigenvalue weighted by Crippen LogP contribution is 2.26. The van der Waals surface area contributed by atoms with Crippen LogP contribution in [0.1, 0.15) is 10.4 Å². The summed E-state index contributed by atoms with van der Waals surface area (Å²) in [5.41, 5.74) is 0.974. The first kappa shape index (κ1) is 14.9. The van der Waals surface area contributed by atoms with Crippen molar-refractivity contribution in [2.75, 3.05) is 5.32 Å². The van der Waals surface area contributed by atoms with Crippen molar-refractivity contribution in [1.82, 2.24) is 0 Å². The molecule has 1 amide bonds. The number of rotatable bonds is 2. The zero-order valence-corrected chi connectivity index (χ0v) is 13.8. The van der Waals surface area contributed by atoms with Crippen molar-refractivity contribution in [3.05, 3.63) is 60.6 Å². The molecule has 2 aromatic rings. The van der Waals surface area contributed by atoms with Gasteiger partial charge in [0.1, 0.15) is 0 Å². The molecule has 0 radical (unpaired) electrons. The standard InChI is InChI=1S/C13H7Cl3INO/c14-9-3-1-7(5-10(9)15)13(19)18-12-4-2-8(17)6-11(12)16/h1-6H,(H,18,19). The summed E-state index contributed by atoms with van der Waals surface area (Å²) in [5.74, 6) is -0.290. The third-order valence-electron chi connectivity index (χ3n) is 2.36. The molecule has 0 saturated carbocycles. The monoisotopic (exact) mass is 425 g/mol. The van der Waals surface area contributed by atoms with E-state index in [1.807, 2.05) is 6.07 Å². The van der Waals surface area contributed by atoms with E-state index in [4.69, 9.17) is 34.8 Å². The molecule has 0 aliphatic rings. The minimum atomic E-state index is -0.290. The van der Waals surface area contributed by atoms with E-state index in [0.29, 0.717) is 26.3 Å². The molecule has 0 heterocycles. The van der Waals surface area contributed by atoms with Crippen molar-refractivity contribution in [3.8, 4) is 0 Å². The summed E-state index contributed by atoms with van der Waals surface area (Å²) >= 11 is 19.9. The maximum atomic E-state index is 12.0. The van der Waals surface area contributed by atoms with Crippen LogP contribution in [0, 0.1) is 3.57 Å². The van der Waals surface area contributed by atoms with E-state index < -0.39 is 0 Å². The number of carbonyl (C=O) groups is 1. The molecule has 0 aromatic heterocycles. The molecule has 0 unspecified atom stereocenters. The molecule has 0 aliphatic heterocycles. The number of halogens is 4. The van der Waals surface area contributed by atoms with Crippen LogP contribution in [0.3, 0.4) is 0 Å². The SMILES string of the molecule is O=C(Nc1ccc(I)cc1Cl)c1ccc(Cl)c(Cl)c1. The van der Waals surface area contributed by atoms with Crippen molar-refractivity contribution in [1.29, 1.82) is 0 Å².